The number of nitrogens with zero attached hydrogens (tertiary/aromatic N) is 3. The van der Waals surface area contributed by atoms with Crippen molar-refractivity contribution in [2.75, 3.05) is 0 Å². The van der Waals surface area contributed by atoms with E-state index < -0.39 is 12.1 Å². The predicted octanol–water partition coefficient (Wildman–Crippen LogP) is 4.56. The molecular weight excluding hydrogens is 378 g/mol. The average Bonchev–Trinajstić information content (AvgIpc) is 3.10. The Morgan fingerprint density at radius 1 is 1.20 bits per heavy atom. The summed E-state index contributed by atoms with van der Waals surface area (Å²) in [5.41, 5.74) is 3.51. The van der Waals surface area contributed by atoms with Crippen LogP contribution in [0.3, 0.4) is 0 Å². The van der Waals surface area contributed by atoms with Gasteiger partial charge < -0.3 is 14.8 Å². The number of hydrogen-bond acceptors (Lipinski definition) is 4. The Bertz CT molecular complexity index is 1080. The van der Waals surface area contributed by atoms with Crippen molar-refractivity contribution in [2.45, 2.75) is 45.8 Å². The Hall–Kier alpha value is -3.43. The molecule has 0 aliphatic rings. The Morgan fingerprint density at radius 2 is 1.90 bits per heavy atom. The molecule has 6 nitrogen and oxygen atoms in total. The van der Waals surface area contributed by atoms with Gasteiger partial charge in [0, 0.05) is 13.0 Å². The van der Waals surface area contributed by atoms with Crippen molar-refractivity contribution < 1.29 is 15.0 Å². The van der Waals surface area contributed by atoms with E-state index in [-0.39, 0.29) is 5.56 Å². The van der Waals surface area contributed by atoms with Gasteiger partial charge in [0.2, 0.25) is 0 Å². The smallest absolute Gasteiger partial charge is 0.336 e. The second kappa shape index (κ2) is 9.38. The molecule has 0 aliphatic heterocycles. The minimum atomic E-state index is -0.960. The maximum Gasteiger partial charge on any atom is 0.336 e. The topological polar surface area (TPSA) is 99.1 Å². The number of aromatic carboxylic acids is 1. The van der Waals surface area contributed by atoms with Gasteiger partial charge in [-0.15, -0.1) is 0 Å². The Morgan fingerprint density at radius 3 is 2.50 bits per heavy atom. The van der Waals surface area contributed by atoms with Crippen LogP contribution in [0.15, 0.2) is 48.5 Å². The molecule has 0 amide bonds. The quantitative estimate of drug-likeness (QED) is 0.574. The predicted molar refractivity (Wildman–Crippen MR) is 114 cm³/mol. The zero-order valence-corrected chi connectivity index (χ0v) is 17.2. The molecule has 0 fully saturated rings. The summed E-state index contributed by atoms with van der Waals surface area (Å²) in [6.07, 6.45) is 1.89. The third-order valence-corrected chi connectivity index (χ3v) is 5.09. The minimum absolute atomic E-state index is 0.259. The zero-order chi connectivity index (χ0) is 21.7. The SMILES string of the molecule is CCCCc1nc(C(C)O)c(C#N)n1Cc1ccc(-c2ccccc2C(=O)O)cc1. The number of aliphatic hydroxyl groups is 1. The molecule has 3 aromatic rings. The number of carboxylic acid groups (broad SMARTS) is 1. The number of nitriles is 1. The van der Waals surface area contributed by atoms with Crippen LogP contribution in [0.2, 0.25) is 0 Å². The number of aromatic nitrogens is 2. The van der Waals surface area contributed by atoms with Crippen LogP contribution < -0.4 is 0 Å². The van der Waals surface area contributed by atoms with Crippen LogP contribution in [0.1, 0.15) is 65.9 Å². The number of aryl methyl sites for hydroxylation is 1. The highest BCUT2D eigenvalue weighted by molar-refractivity contribution is 5.95. The lowest BCUT2D eigenvalue weighted by molar-refractivity contribution is 0.0697. The number of carboxylic acids is 1. The highest BCUT2D eigenvalue weighted by Crippen LogP contribution is 2.26. The molecule has 1 unspecified atom stereocenters. The number of aliphatic hydroxyl groups excluding tert-OH is 1. The zero-order valence-electron chi connectivity index (χ0n) is 17.2. The van der Waals surface area contributed by atoms with Gasteiger partial charge in [-0.3, -0.25) is 0 Å². The number of benzene rings is 2. The van der Waals surface area contributed by atoms with E-state index in [1.54, 1.807) is 25.1 Å². The highest BCUT2D eigenvalue weighted by Gasteiger charge is 2.20. The van der Waals surface area contributed by atoms with Crippen molar-refractivity contribution in [1.29, 1.82) is 5.26 Å². The van der Waals surface area contributed by atoms with Gasteiger partial charge in [0.15, 0.2) is 0 Å². The van der Waals surface area contributed by atoms with Crippen LogP contribution in [0, 0.1) is 11.3 Å². The summed E-state index contributed by atoms with van der Waals surface area (Å²) < 4.78 is 1.87. The molecule has 3 rings (SSSR count). The van der Waals surface area contributed by atoms with Crippen molar-refractivity contribution in [3.05, 3.63) is 76.9 Å². The second-order valence-electron chi connectivity index (χ2n) is 7.29. The van der Waals surface area contributed by atoms with Crippen molar-refractivity contribution in [2.24, 2.45) is 0 Å². The summed E-state index contributed by atoms with van der Waals surface area (Å²) in [5.74, 6) is -0.164. The summed E-state index contributed by atoms with van der Waals surface area (Å²) in [4.78, 5) is 16.0. The van der Waals surface area contributed by atoms with Crippen LogP contribution in [0.4, 0.5) is 0 Å². The molecule has 2 N–H and O–H groups in total. The lowest BCUT2D eigenvalue weighted by atomic mass is 9.98. The lowest BCUT2D eigenvalue weighted by Gasteiger charge is -2.11. The van der Waals surface area contributed by atoms with Crippen molar-refractivity contribution in [3.8, 4) is 17.2 Å². The first kappa shape index (κ1) is 21.3. The molecule has 30 heavy (non-hydrogen) atoms. The van der Waals surface area contributed by atoms with Gasteiger partial charge in [-0.1, -0.05) is 55.8 Å². The van der Waals surface area contributed by atoms with Crippen LogP contribution in [-0.4, -0.2) is 25.7 Å². The summed E-state index contributed by atoms with van der Waals surface area (Å²) in [6, 6.07) is 16.7. The van der Waals surface area contributed by atoms with Crippen molar-refractivity contribution in [3.63, 3.8) is 0 Å². The fourth-order valence-electron chi connectivity index (χ4n) is 3.52. The molecule has 154 valence electrons. The third-order valence-electron chi connectivity index (χ3n) is 5.09. The maximum atomic E-state index is 11.5. The Labute approximate surface area is 176 Å². The van der Waals surface area contributed by atoms with Gasteiger partial charge in [0.05, 0.1) is 11.7 Å². The molecule has 2 aromatic carbocycles. The van der Waals surface area contributed by atoms with E-state index in [0.29, 0.717) is 23.5 Å². The average molecular weight is 403 g/mol. The number of rotatable bonds is 8. The fourth-order valence-corrected chi connectivity index (χ4v) is 3.52. The molecule has 0 spiro atoms. The van der Waals surface area contributed by atoms with Crippen molar-refractivity contribution >= 4 is 5.97 Å². The second-order valence-corrected chi connectivity index (χ2v) is 7.29. The fraction of sp³-hybridized carbons (Fsp3) is 0.292. The molecule has 0 aliphatic carbocycles. The normalized spacial score (nSPS) is 11.8. The van der Waals surface area contributed by atoms with Crippen LogP contribution in [0.25, 0.3) is 11.1 Å². The maximum absolute atomic E-state index is 11.5. The monoisotopic (exact) mass is 403 g/mol. The number of imidazole rings is 1. The van der Waals surface area contributed by atoms with Gasteiger partial charge in [0.1, 0.15) is 23.3 Å². The van der Waals surface area contributed by atoms with E-state index in [0.717, 1.165) is 36.2 Å². The van der Waals surface area contributed by atoms with Crippen LogP contribution in [0.5, 0.6) is 0 Å². The van der Waals surface area contributed by atoms with Gasteiger partial charge in [-0.2, -0.15) is 5.26 Å². The van der Waals surface area contributed by atoms with Crippen LogP contribution in [-0.2, 0) is 13.0 Å². The largest absolute Gasteiger partial charge is 0.478 e. The Kier molecular flexibility index (Phi) is 6.65. The molecule has 0 radical (unpaired) electrons. The van der Waals surface area contributed by atoms with Gasteiger partial charge in [-0.25, -0.2) is 9.78 Å². The van der Waals surface area contributed by atoms with E-state index in [9.17, 15) is 20.3 Å². The lowest BCUT2D eigenvalue weighted by Crippen LogP contribution is -2.08. The first-order valence-electron chi connectivity index (χ1n) is 10.0. The molecule has 1 heterocycles. The molecule has 1 aromatic heterocycles. The molecular formula is C24H25N3O3. The minimum Gasteiger partial charge on any atom is -0.478 e. The first-order chi connectivity index (χ1) is 14.5. The molecule has 0 saturated heterocycles. The molecule has 1 atom stereocenters. The third kappa shape index (κ3) is 4.42. The number of carbonyl (C=O) groups is 1. The summed E-state index contributed by atoms with van der Waals surface area (Å²) >= 11 is 0. The van der Waals surface area contributed by atoms with E-state index in [4.69, 9.17) is 0 Å². The summed E-state index contributed by atoms with van der Waals surface area (Å²) in [7, 11) is 0. The molecule has 6 heteroatoms. The summed E-state index contributed by atoms with van der Waals surface area (Å²) in [5, 5.41) is 29.1. The molecule has 0 bridgehead atoms. The van der Waals surface area contributed by atoms with Gasteiger partial charge >= 0.3 is 5.97 Å². The van der Waals surface area contributed by atoms with E-state index in [2.05, 4.69) is 18.0 Å². The van der Waals surface area contributed by atoms with Gasteiger partial charge in [0.25, 0.3) is 0 Å². The Balaban J connectivity index is 1.94. The first-order valence-corrected chi connectivity index (χ1v) is 10.0. The van der Waals surface area contributed by atoms with E-state index >= 15 is 0 Å². The van der Waals surface area contributed by atoms with E-state index in [1.807, 2.05) is 34.9 Å². The number of hydrogen-bond donors (Lipinski definition) is 2. The van der Waals surface area contributed by atoms with Crippen molar-refractivity contribution in [1.82, 2.24) is 9.55 Å². The highest BCUT2D eigenvalue weighted by atomic mass is 16.4. The number of unbranched alkanes of at least 4 members (excludes halogenated alkanes) is 1. The summed E-state index contributed by atoms with van der Waals surface area (Å²) in [6.45, 7) is 4.18. The standard InChI is InChI=1S/C24H25N3O3/c1-3-4-9-22-26-23(16(2)28)21(14-25)27(22)15-17-10-12-18(13-11-17)19-7-5-6-8-20(19)24(29)30/h5-8,10-13,16,28H,3-4,9,15H2,1-2H3,(H,29,30). The molecule has 0 saturated carbocycles. The van der Waals surface area contributed by atoms with E-state index in [1.165, 1.54) is 0 Å². The van der Waals surface area contributed by atoms with Gasteiger partial charge in [-0.05, 0) is 36.1 Å². The van der Waals surface area contributed by atoms with Crippen LogP contribution >= 0.6 is 0 Å².